The molecule has 4 nitrogen and oxygen atoms in total. The number of nitrogens with zero attached hydrogens (tertiary/aromatic N) is 2. The van der Waals surface area contributed by atoms with Crippen molar-refractivity contribution in [2.24, 2.45) is 0 Å². The van der Waals surface area contributed by atoms with Gasteiger partial charge in [-0.2, -0.15) is 0 Å². The van der Waals surface area contributed by atoms with Crippen LogP contribution in [0, 0.1) is 0 Å². The van der Waals surface area contributed by atoms with Crippen LogP contribution >= 0.6 is 11.6 Å². The standard InChI is InChI=1S/C15H14ClN3O/c16-10-5-7-11(8-6-10)19-15(20)14-12-3-1-2-4-13(12)17-9-18-14/h5-9H,1-4H2,(H,19,20). The minimum absolute atomic E-state index is 0.187. The van der Waals surface area contributed by atoms with E-state index < -0.39 is 0 Å². The smallest absolute Gasteiger partial charge is 0.274 e. The second-order valence-corrected chi connectivity index (χ2v) is 5.25. The Labute approximate surface area is 122 Å². The molecular weight excluding hydrogens is 274 g/mol. The number of benzene rings is 1. The maximum atomic E-state index is 12.3. The number of amides is 1. The van der Waals surface area contributed by atoms with E-state index in [-0.39, 0.29) is 5.91 Å². The third kappa shape index (κ3) is 2.65. The Morgan fingerprint density at radius 1 is 1.10 bits per heavy atom. The van der Waals surface area contributed by atoms with E-state index in [0.29, 0.717) is 16.4 Å². The number of hydrogen-bond donors (Lipinski definition) is 1. The molecule has 102 valence electrons. The number of nitrogens with one attached hydrogen (secondary N) is 1. The Kier molecular flexibility index (Phi) is 3.65. The SMILES string of the molecule is O=C(Nc1ccc(Cl)cc1)c1ncnc2c1CCCC2. The summed E-state index contributed by atoms with van der Waals surface area (Å²) < 4.78 is 0. The highest BCUT2D eigenvalue weighted by atomic mass is 35.5. The van der Waals surface area contributed by atoms with E-state index in [9.17, 15) is 4.79 Å². The van der Waals surface area contributed by atoms with Crippen molar-refractivity contribution < 1.29 is 4.79 Å². The second-order valence-electron chi connectivity index (χ2n) is 4.82. The lowest BCUT2D eigenvalue weighted by atomic mass is 9.94. The quantitative estimate of drug-likeness (QED) is 0.922. The van der Waals surface area contributed by atoms with Crippen LogP contribution in [-0.2, 0) is 12.8 Å². The number of carbonyl (C=O) groups excluding carboxylic acids is 1. The van der Waals surface area contributed by atoms with Crippen LogP contribution in [0.2, 0.25) is 5.02 Å². The molecule has 0 bridgehead atoms. The molecule has 1 N–H and O–H groups in total. The average Bonchev–Trinajstić information content (AvgIpc) is 2.49. The second kappa shape index (κ2) is 5.59. The molecule has 0 spiro atoms. The molecule has 1 aliphatic rings. The van der Waals surface area contributed by atoms with Gasteiger partial charge in [-0.25, -0.2) is 9.97 Å². The van der Waals surface area contributed by atoms with E-state index in [1.54, 1.807) is 24.3 Å². The van der Waals surface area contributed by atoms with Gasteiger partial charge in [0.2, 0.25) is 0 Å². The average molecular weight is 288 g/mol. The lowest BCUT2D eigenvalue weighted by Crippen LogP contribution is -2.19. The summed E-state index contributed by atoms with van der Waals surface area (Å²) >= 11 is 5.83. The summed E-state index contributed by atoms with van der Waals surface area (Å²) in [6.45, 7) is 0. The van der Waals surface area contributed by atoms with Crippen molar-refractivity contribution in [3.8, 4) is 0 Å². The van der Waals surface area contributed by atoms with E-state index in [0.717, 1.165) is 36.9 Å². The van der Waals surface area contributed by atoms with Crippen LogP contribution in [0.1, 0.15) is 34.6 Å². The third-order valence-electron chi connectivity index (χ3n) is 3.44. The molecule has 0 atom stereocenters. The van der Waals surface area contributed by atoms with Crippen molar-refractivity contribution in [1.29, 1.82) is 0 Å². The normalized spacial score (nSPS) is 13.7. The Balaban J connectivity index is 1.85. The van der Waals surface area contributed by atoms with Gasteiger partial charge in [0.05, 0.1) is 0 Å². The number of aromatic nitrogens is 2. The van der Waals surface area contributed by atoms with Crippen molar-refractivity contribution in [2.45, 2.75) is 25.7 Å². The van der Waals surface area contributed by atoms with E-state index in [1.807, 2.05) is 0 Å². The Morgan fingerprint density at radius 3 is 2.65 bits per heavy atom. The summed E-state index contributed by atoms with van der Waals surface area (Å²) in [6.07, 6.45) is 5.49. The molecular formula is C15H14ClN3O. The number of halogens is 1. The van der Waals surface area contributed by atoms with Crippen LogP contribution in [0.25, 0.3) is 0 Å². The van der Waals surface area contributed by atoms with E-state index in [2.05, 4.69) is 15.3 Å². The number of carbonyl (C=O) groups is 1. The molecule has 0 fully saturated rings. The summed E-state index contributed by atoms with van der Waals surface area (Å²) in [7, 11) is 0. The van der Waals surface area contributed by atoms with Crippen molar-refractivity contribution in [3.63, 3.8) is 0 Å². The Bertz CT molecular complexity index is 640. The summed E-state index contributed by atoms with van der Waals surface area (Å²) in [6, 6.07) is 7.03. The molecule has 0 unspecified atom stereocenters. The number of hydrogen-bond acceptors (Lipinski definition) is 3. The molecule has 5 heteroatoms. The third-order valence-corrected chi connectivity index (χ3v) is 3.69. The van der Waals surface area contributed by atoms with Gasteiger partial charge >= 0.3 is 0 Å². The first-order valence-electron chi connectivity index (χ1n) is 6.64. The van der Waals surface area contributed by atoms with Gasteiger partial charge in [0.15, 0.2) is 0 Å². The zero-order valence-electron chi connectivity index (χ0n) is 10.9. The first kappa shape index (κ1) is 13.1. The number of fused-ring (bicyclic) bond motifs is 1. The molecule has 0 saturated heterocycles. The first-order valence-corrected chi connectivity index (χ1v) is 7.01. The molecule has 1 heterocycles. The van der Waals surface area contributed by atoms with Gasteiger partial charge in [-0.15, -0.1) is 0 Å². The summed E-state index contributed by atoms with van der Waals surface area (Å²) in [5, 5.41) is 3.49. The van der Waals surface area contributed by atoms with Crippen LogP contribution in [-0.4, -0.2) is 15.9 Å². The molecule has 2 aromatic rings. The predicted octanol–water partition coefficient (Wildman–Crippen LogP) is 3.26. The molecule has 1 amide bonds. The highest BCUT2D eigenvalue weighted by molar-refractivity contribution is 6.30. The van der Waals surface area contributed by atoms with Crippen LogP contribution in [0.4, 0.5) is 5.69 Å². The molecule has 20 heavy (non-hydrogen) atoms. The van der Waals surface area contributed by atoms with E-state index in [1.165, 1.54) is 6.33 Å². The molecule has 1 aromatic carbocycles. The first-order chi connectivity index (χ1) is 9.74. The summed E-state index contributed by atoms with van der Waals surface area (Å²) in [4.78, 5) is 20.8. The minimum atomic E-state index is -0.187. The maximum absolute atomic E-state index is 12.3. The van der Waals surface area contributed by atoms with Crippen LogP contribution in [0.3, 0.4) is 0 Å². The van der Waals surface area contributed by atoms with Gasteiger partial charge in [-0.05, 0) is 49.9 Å². The zero-order valence-corrected chi connectivity index (χ0v) is 11.7. The number of anilines is 1. The minimum Gasteiger partial charge on any atom is -0.321 e. The predicted molar refractivity (Wildman–Crippen MR) is 78.1 cm³/mol. The van der Waals surface area contributed by atoms with Crippen LogP contribution < -0.4 is 5.32 Å². The molecule has 3 rings (SSSR count). The monoisotopic (exact) mass is 287 g/mol. The summed E-state index contributed by atoms with van der Waals surface area (Å²) in [5.74, 6) is -0.187. The Morgan fingerprint density at radius 2 is 1.85 bits per heavy atom. The molecule has 1 aliphatic carbocycles. The van der Waals surface area contributed by atoms with Gasteiger partial charge in [0.25, 0.3) is 5.91 Å². The maximum Gasteiger partial charge on any atom is 0.274 e. The van der Waals surface area contributed by atoms with Crippen molar-refractivity contribution in [2.75, 3.05) is 5.32 Å². The van der Waals surface area contributed by atoms with Gasteiger partial charge in [0, 0.05) is 22.0 Å². The van der Waals surface area contributed by atoms with Gasteiger partial charge in [-0.1, -0.05) is 11.6 Å². The highest BCUT2D eigenvalue weighted by Gasteiger charge is 2.20. The Hall–Kier alpha value is -1.94. The van der Waals surface area contributed by atoms with Crippen molar-refractivity contribution in [1.82, 2.24) is 9.97 Å². The summed E-state index contributed by atoms with van der Waals surface area (Å²) in [5.41, 5.74) is 3.20. The van der Waals surface area contributed by atoms with Crippen molar-refractivity contribution in [3.05, 3.63) is 52.6 Å². The fraction of sp³-hybridized carbons (Fsp3) is 0.267. The zero-order chi connectivity index (χ0) is 13.9. The van der Waals surface area contributed by atoms with Gasteiger partial charge < -0.3 is 5.32 Å². The lowest BCUT2D eigenvalue weighted by Gasteiger charge is -2.16. The number of aryl methyl sites for hydroxylation is 1. The number of rotatable bonds is 2. The van der Waals surface area contributed by atoms with E-state index in [4.69, 9.17) is 11.6 Å². The lowest BCUT2D eigenvalue weighted by molar-refractivity contribution is 0.102. The topological polar surface area (TPSA) is 54.9 Å². The fourth-order valence-electron chi connectivity index (χ4n) is 2.44. The van der Waals surface area contributed by atoms with Crippen LogP contribution in [0.5, 0.6) is 0 Å². The van der Waals surface area contributed by atoms with E-state index >= 15 is 0 Å². The molecule has 0 saturated carbocycles. The largest absolute Gasteiger partial charge is 0.321 e. The molecule has 0 aliphatic heterocycles. The molecule has 1 aromatic heterocycles. The van der Waals surface area contributed by atoms with Crippen molar-refractivity contribution >= 4 is 23.2 Å². The van der Waals surface area contributed by atoms with Gasteiger partial charge in [0.1, 0.15) is 12.0 Å². The van der Waals surface area contributed by atoms with Crippen LogP contribution in [0.15, 0.2) is 30.6 Å². The highest BCUT2D eigenvalue weighted by Crippen LogP contribution is 2.22. The fourth-order valence-corrected chi connectivity index (χ4v) is 2.57. The molecule has 0 radical (unpaired) electrons. The van der Waals surface area contributed by atoms with Gasteiger partial charge in [-0.3, -0.25) is 4.79 Å².